The quantitative estimate of drug-likeness (QED) is 0.474. The zero-order valence-electron chi connectivity index (χ0n) is 17.4. The molecule has 2 unspecified atom stereocenters. The Balaban J connectivity index is 1.42. The van der Waals surface area contributed by atoms with Crippen LogP contribution in [-0.4, -0.2) is 23.0 Å². The molecule has 4 bridgehead atoms. The van der Waals surface area contributed by atoms with Gasteiger partial charge in [0, 0.05) is 23.4 Å². The van der Waals surface area contributed by atoms with Crippen LogP contribution in [0.5, 0.6) is 0 Å². The van der Waals surface area contributed by atoms with Crippen LogP contribution in [0.2, 0.25) is 0 Å². The van der Waals surface area contributed by atoms with E-state index in [0.29, 0.717) is 17.5 Å². The minimum Gasteiger partial charge on any atom is -0.376 e. The van der Waals surface area contributed by atoms with E-state index in [0.717, 1.165) is 36.5 Å². The second-order valence-corrected chi connectivity index (χ2v) is 11.5. The van der Waals surface area contributed by atoms with Gasteiger partial charge in [-0.2, -0.15) is 0 Å². The maximum atomic E-state index is 6.24. The van der Waals surface area contributed by atoms with Crippen LogP contribution >= 0.6 is 23.8 Å². The van der Waals surface area contributed by atoms with E-state index in [4.69, 9.17) is 29.6 Å². The molecule has 0 heterocycles. The number of hydrogen-bond donors (Lipinski definition) is 2. The van der Waals surface area contributed by atoms with Crippen molar-refractivity contribution < 1.29 is 0 Å². The number of thiocarbonyl (C=S) groups is 1. The third kappa shape index (κ3) is 3.55. The highest BCUT2D eigenvalue weighted by Gasteiger charge is 2.62. The van der Waals surface area contributed by atoms with E-state index in [-0.39, 0.29) is 5.41 Å². The fourth-order valence-electron chi connectivity index (χ4n) is 7.84. The van der Waals surface area contributed by atoms with Gasteiger partial charge in [0.25, 0.3) is 0 Å². The maximum Gasteiger partial charge on any atom is 0.0818 e. The summed E-state index contributed by atoms with van der Waals surface area (Å²) >= 11 is 12.4. The van der Waals surface area contributed by atoms with Crippen LogP contribution in [0.25, 0.3) is 0 Å². The number of alkyl halides is 1. The minimum absolute atomic E-state index is 0.194. The summed E-state index contributed by atoms with van der Waals surface area (Å²) in [5.74, 6) is 3.14. The molecule has 0 saturated heterocycles. The summed E-state index contributed by atoms with van der Waals surface area (Å²) in [6.45, 7) is 0. The van der Waals surface area contributed by atoms with E-state index >= 15 is 0 Å². The van der Waals surface area contributed by atoms with E-state index < -0.39 is 0 Å². The summed E-state index contributed by atoms with van der Waals surface area (Å²) in [6, 6.07) is 12.3. The van der Waals surface area contributed by atoms with Gasteiger partial charge in [-0.25, -0.2) is 0 Å². The lowest BCUT2D eigenvalue weighted by atomic mass is 9.40. The van der Waals surface area contributed by atoms with Crippen molar-refractivity contribution in [1.82, 2.24) is 5.32 Å². The molecule has 5 fully saturated rings. The Morgan fingerprint density at radius 2 is 1.69 bits per heavy atom. The van der Waals surface area contributed by atoms with Gasteiger partial charge >= 0.3 is 0 Å². The molecule has 1 aromatic carbocycles. The number of halogens is 1. The summed E-state index contributed by atoms with van der Waals surface area (Å²) in [5, 5.41) is 3.86. The fourth-order valence-corrected chi connectivity index (χ4v) is 8.50. The molecule has 2 atom stereocenters. The normalized spacial score (nSPS) is 43.3. The summed E-state index contributed by atoms with van der Waals surface area (Å²) in [4.78, 5) is 1.18. The van der Waals surface area contributed by atoms with Gasteiger partial charge in [0.15, 0.2) is 0 Å². The molecular weight excluding hydrogens is 396 g/mol. The molecule has 5 aliphatic carbocycles. The predicted molar refractivity (Wildman–Crippen MR) is 125 cm³/mol. The van der Waals surface area contributed by atoms with Crippen LogP contribution in [0.3, 0.4) is 0 Å². The van der Waals surface area contributed by atoms with Gasteiger partial charge < -0.3 is 11.1 Å². The summed E-state index contributed by atoms with van der Waals surface area (Å²) in [6.07, 6.45) is 12.2. The summed E-state index contributed by atoms with van der Waals surface area (Å²) in [7, 11) is 0. The van der Waals surface area contributed by atoms with Crippen molar-refractivity contribution in [3.05, 3.63) is 35.9 Å². The maximum absolute atomic E-state index is 6.24. The second kappa shape index (κ2) is 7.80. The van der Waals surface area contributed by atoms with Gasteiger partial charge in [0.05, 0.1) is 4.99 Å². The molecule has 158 valence electrons. The first-order valence-electron chi connectivity index (χ1n) is 11.7. The molecule has 2 nitrogen and oxygen atoms in total. The molecule has 5 aliphatic rings. The van der Waals surface area contributed by atoms with Gasteiger partial charge in [0.1, 0.15) is 0 Å². The van der Waals surface area contributed by atoms with Crippen LogP contribution in [0.4, 0.5) is 0 Å². The Bertz CT molecular complexity index is 726. The molecular formula is C25H35ClN2S. The molecule has 0 spiro atoms. The number of benzene rings is 1. The third-order valence-electron chi connectivity index (χ3n) is 8.92. The lowest BCUT2D eigenvalue weighted by molar-refractivity contribution is -0.0821. The van der Waals surface area contributed by atoms with Gasteiger partial charge in [-0.05, 0) is 92.9 Å². The van der Waals surface area contributed by atoms with Crippen LogP contribution in [0.1, 0.15) is 69.8 Å². The molecule has 6 rings (SSSR count). The van der Waals surface area contributed by atoms with Crippen molar-refractivity contribution in [2.24, 2.45) is 28.9 Å². The zero-order chi connectivity index (χ0) is 20.1. The third-order valence-corrected chi connectivity index (χ3v) is 9.69. The van der Waals surface area contributed by atoms with Gasteiger partial charge in [-0.15, -0.1) is 11.6 Å². The first-order chi connectivity index (χ1) is 14.0. The number of hydrogen-bond acceptors (Lipinski definition) is 2. The molecule has 0 aliphatic heterocycles. The smallest absolute Gasteiger partial charge is 0.0818 e. The molecule has 0 radical (unpaired) electrons. The van der Waals surface area contributed by atoms with E-state index in [9.17, 15) is 0 Å². The van der Waals surface area contributed by atoms with Gasteiger partial charge in [0.2, 0.25) is 0 Å². The van der Waals surface area contributed by atoms with Gasteiger partial charge in [-0.1, -0.05) is 42.5 Å². The Morgan fingerprint density at radius 1 is 1.03 bits per heavy atom. The van der Waals surface area contributed by atoms with E-state index in [1.54, 1.807) is 5.56 Å². The van der Waals surface area contributed by atoms with E-state index in [1.165, 1.54) is 56.4 Å². The van der Waals surface area contributed by atoms with Crippen molar-refractivity contribution in [3.8, 4) is 0 Å². The lowest BCUT2D eigenvalue weighted by Crippen LogP contribution is -2.62. The first-order valence-corrected chi connectivity index (χ1v) is 12.7. The zero-order valence-corrected chi connectivity index (χ0v) is 19.0. The number of nitrogens with one attached hydrogen (secondary N) is 1. The SMILES string of the molecule is NC1CCC(NC(=S)C23CC4CC(c5ccccc5)(CC(C2)C4CCCl)C3)CC1. The van der Waals surface area contributed by atoms with Crippen molar-refractivity contribution in [2.45, 2.75) is 81.7 Å². The fraction of sp³-hybridized carbons (Fsp3) is 0.720. The monoisotopic (exact) mass is 430 g/mol. The van der Waals surface area contributed by atoms with E-state index in [1.807, 2.05) is 0 Å². The molecule has 3 N–H and O–H groups in total. The Hall–Kier alpha value is -0.640. The van der Waals surface area contributed by atoms with Crippen LogP contribution in [-0.2, 0) is 5.41 Å². The molecule has 4 heteroatoms. The number of rotatable bonds is 5. The van der Waals surface area contributed by atoms with Crippen LogP contribution < -0.4 is 11.1 Å². The average molecular weight is 431 g/mol. The van der Waals surface area contributed by atoms with Crippen molar-refractivity contribution in [1.29, 1.82) is 0 Å². The molecule has 29 heavy (non-hydrogen) atoms. The van der Waals surface area contributed by atoms with Crippen molar-refractivity contribution in [3.63, 3.8) is 0 Å². The average Bonchev–Trinajstić information content (AvgIpc) is 2.72. The molecule has 1 aromatic rings. The first kappa shape index (κ1) is 20.3. The lowest BCUT2D eigenvalue weighted by Gasteiger charge is -2.65. The van der Waals surface area contributed by atoms with Gasteiger partial charge in [-0.3, -0.25) is 0 Å². The Kier molecular flexibility index (Phi) is 5.45. The largest absolute Gasteiger partial charge is 0.376 e. The van der Waals surface area contributed by atoms with Crippen LogP contribution in [0.15, 0.2) is 30.3 Å². The highest BCUT2D eigenvalue weighted by atomic mass is 35.5. The standard InChI is InChI=1S/C25H35ClN2S/c26-11-10-22-17-12-24(19-4-2-1-3-5-19)13-18(22)15-25(14-17,16-24)23(29)28-21-8-6-20(27)7-9-21/h1-5,17-18,20-22H,6-16,27H2,(H,28,29). The molecule has 0 aromatic heterocycles. The van der Waals surface area contributed by atoms with E-state index in [2.05, 4.69) is 35.6 Å². The Labute approximate surface area is 186 Å². The highest BCUT2D eigenvalue weighted by Crippen LogP contribution is 2.68. The minimum atomic E-state index is 0.194. The highest BCUT2D eigenvalue weighted by molar-refractivity contribution is 7.80. The number of nitrogens with two attached hydrogens (primary N) is 1. The van der Waals surface area contributed by atoms with Crippen LogP contribution in [0, 0.1) is 23.2 Å². The summed E-state index contributed by atoms with van der Waals surface area (Å²) in [5.41, 5.74) is 8.19. The van der Waals surface area contributed by atoms with Crippen molar-refractivity contribution in [2.75, 3.05) is 5.88 Å². The molecule has 0 amide bonds. The summed E-state index contributed by atoms with van der Waals surface area (Å²) < 4.78 is 0. The predicted octanol–water partition coefficient (Wildman–Crippen LogP) is 5.57. The molecule has 5 saturated carbocycles. The van der Waals surface area contributed by atoms with Crippen molar-refractivity contribution >= 4 is 28.8 Å². The Morgan fingerprint density at radius 3 is 2.31 bits per heavy atom. The topological polar surface area (TPSA) is 38.0 Å². The second-order valence-electron chi connectivity index (χ2n) is 10.7.